The van der Waals surface area contributed by atoms with Gasteiger partial charge in [0.05, 0.1) is 19.6 Å². The molecule has 4 saturated carbocycles. The molecule has 4 bridgehead atoms. The highest BCUT2D eigenvalue weighted by molar-refractivity contribution is 5.43. The maximum absolute atomic E-state index is 6.26. The van der Waals surface area contributed by atoms with Gasteiger partial charge in [-0.2, -0.15) is 0 Å². The van der Waals surface area contributed by atoms with Gasteiger partial charge in [0.15, 0.2) is 11.5 Å². The Bertz CT molecular complexity index is 809. The molecule has 150 valence electrons. The molecule has 1 aromatic heterocycles. The lowest BCUT2D eigenvalue weighted by Gasteiger charge is -2.55. The predicted molar refractivity (Wildman–Crippen MR) is 106 cm³/mol. The monoisotopic (exact) mass is 382 g/mol. The molecule has 2 aromatic rings. The molecular weight excluding hydrogens is 352 g/mol. The third kappa shape index (κ3) is 3.19. The van der Waals surface area contributed by atoms with E-state index in [0.717, 1.165) is 40.7 Å². The lowest BCUT2D eigenvalue weighted by molar-refractivity contribution is -0.0182. The van der Waals surface area contributed by atoms with E-state index < -0.39 is 0 Å². The third-order valence-corrected chi connectivity index (χ3v) is 6.92. The Morgan fingerprint density at radius 2 is 1.57 bits per heavy atom. The highest BCUT2D eigenvalue weighted by Crippen LogP contribution is 2.60. The Morgan fingerprint density at radius 3 is 2.21 bits per heavy atom. The van der Waals surface area contributed by atoms with Gasteiger partial charge in [0.25, 0.3) is 0 Å². The zero-order valence-corrected chi connectivity index (χ0v) is 16.9. The Balaban J connectivity index is 1.35. The van der Waals surface area contributed by atoms with Gasteiger partial charge in [-0.1, -0.05) is 6.07 Å². The summed E-state index contributed by atoms with van der Waals surface area (Å²) in [5, 5.41) is 8.95. The Morgan fingerprint density at radius 1 is 0.929 bits per heavy atom. The molecule has 0 atom stereocenters. The van der Waals surface area contributed by atoms with Gasteiger partial charge in [-0.3, -0.25) is 0 Å². The first-order valence-electron chi connectivity index (χ1n) is 10.9. The van der Waals surface area contributed by atoms with Crippen LogP contribution in [0.25, 0.3) is 0 Å². The maximum Gasteiger partial charge on any atom is 0.222 e. The molecule has 28 heavy (non-hydrogen) atoms. The summed E-state index contributed by atoms with van der Waals surface area (Å²) in [6.07, 6.45) is 8.65. The second-order valence-corrected chi connectivity index (χ2v) is 9.02. The first kappa shape index (κ1) is 18.0. The summed E-state index contributed by atoms with van der Waals surface area (Å²) in [4.78, 5) is 0. The van der Waals surface area contributed by atoms with Gasteiger partial charge in [0.1, 0.15) is 0 Å². The van der Waals surface area contributed by atoms with E-state index in [0.29, 0.717) is 25.5 Å². The molecule has 5 heteroatoms. The molecule has 0 spiro atoms. The summed E-state index contributed by atoms with van der Waals surface area (Å²) >= 11 is 0. The van der Waals surface area contributed by atoms with Crippen LogP contribution in [0.2, 0.25) is 0 Å². The summed E-state index contributed by atoms with van der Waals surface area (Å²) in [5.41, 5.74) is 1.27. The average Bonchev–Trinajstić information content (AvgIpc) is 3.13. The minimum atomic E-state index is 0.162. The average molecular weight is 383 g/mol. The number of aromatic nitrogens is 2. The largest absolute Gasteiger partial charge is 0.490 e. The third-order valence-electron chi connectivity index (χ3n) is 6.92. The summed E-state index contributed by atoms with van der Waals surface area (Å²) in [6, 6.07) is 6.06. The Labute approximate surface area is 166 Å². The van der Waals surface area contributed by atoms with Crippen molar-refractivity contribution in [2.24, 2.45) is 17.8 Å². The van der Waals surface area contributed by atoms with Gasteiger partial charge in [0.2, 0.25) is 11.8 Å². The summed E-state index contributed by atoms with van der Waals surface area (Å²) < 4.78 is 17.7. The SMILES string of the molecule is CCOc1ccc(Cc2nnc(C34CC5CC(CC(C5)C3)C4)o2)cc1OCC. The van der Waals surface area contributed by atoms with E-state index >= 15 is 0 Å². The van der Waals surface area contributed by atoms with Crippen molar-refractivity contribution in [3.63, 3.8) is 0 Å². The first-order valence-corrected chi connectivity index (χ1v) is 10.9. The van der Waals surface area contributed by atoms with Crippen molar-refractivity contribution in [1.29, 1.82) is 0 Å². The quantitative estimate of drug-likeness (QED) is 0.680. The number of hydrogen-bond acceptors (Lipinski definition) is 5. The molecule has 0 N–H and O–H groups in total. The van der Waals surface area contributed by atoms with E-state index in [1.54, 1.807) is 0 Å². The molecule has 0 aliphatic heterocycles. The fourth-order valence-corrected chi connectivity index (χ4v) is 6.29. The molecule has 0 amide bonds. The molecule has 4 fully saturated rings. The second kappa shape index (κ2) is 7.09. The first-order chi connectivity index (χ1) is 13.7. The second-order valence-electron chi connectivity index (χ2n) is 9.02. The van der Waals surface area contributed by atoms with Crippen LogP contribution in [0.3, 0.4) is 0 Å². The zero-order valence-electron chi connectivity index (χ0n) is 16.9. The maximum atomic E-state index is 6.26. The van der Waals surface area contributed by atoms with E-state index in [1.165, 1.54) is 38.5 Å². The van der Waals surface area contributed by atoms with Crippen LogP contribution in [-0.2, 0) is 11.8 Å². The van der Waals surface area contributed by atoms with Crippen LogP contribution in [0.5, 0.6) is 11.5 Å². The summed E-state index contributed by atoms with van der Waals surface area (Å²) in [6.45, 7) is 5.20. The highest BCUT2D eigenvalue weighted by atomic mass is 16.5. The van der Waals surface area contributed by atoms with Crippen LogP contribution in [0.4, 0.5) is 0 Å². The normalized spacial score (nSPS) is 30.6. The summed E-state index contributed by atoms with van der Waals surface area (Å²) in [7, 11) is 0. The van der Waals surface area contributed by atoms with Crippen LogP contribution in [0.15, 0.2) is 22.6 Å². The fourth-order valence-electron chi connectivity index (χ4n) is 6.29. The molecule has 4 aliphatic carbocycles. The van der Waals surface area contributed by atoms with E-state index in [4.69, 9.17) is 13.9 Å². The van der Waals surface area contributed by atoms with Crippen LogP contribution in [0.1, 0.15) is 69.7 Å². The Hall–Kier alpha value is -2.04. The Kier molecular flexibility index (Phi) is 4.56. The van der Waals surface area contributed by atoms with Crippen LogP contribution in [0, 0.1) is 17.8 Å². The standard InChI is InChI=1S/C23H30N2O3/c1-3-26-19-6-5-15(10-20(19)27-4-2)11-21-24-25-22(28-21)23-12-16-7-17(13-23)9-18(8-16)14-23/h5-6,10,16-18H,3-4,7-9,11-14H2,1-2H3. The van der Waals surface area contributed by atoms with Gasteiger partial charge in [-0.15, -0.1) is 10.2 Å². The molecule has 0 unspecified atom stereocenters. The van der Waals surface area contributed by atoms with E-state index in [2.05, 4.69) is 16.3 Å². The lowest BCUT2D eigenvalue weighted by atomic mass is 9.49. The molecule has 4 aliphatic rings. The highest BCUT2D eigenvalue weighted by Gasteiger charge is 2.54. The van der Waals surface area contributed by atoms with Crippen molar-refractivity contribution in [1.82, 2.24) is 10.2 Å². The lowest BCUT2D eigenvalue weighted by Crippen LogP contribution is -2.48. The molecule has 0 saturated heterocycles. The predicted octanol–water partition coefficient (Wildman–Crippen LogP) is 4.93. The molecule has 0 radical (unpaired) electrons. The van der Waals surface area contributed by atoms with Gasteiger partial charge in [0, 0.05) is 5.41 Å². The molecule has 6 rings (SSSR count). The van der Waals surface area contributed by atoms with E-state index in [-0.39, 0.29) is 5.41 Å². The van der Waals surface area contributed by atoms with Crippen LogP contribution >= 0.6 is 0 Å². The number of ether oxygens (including phenoxy) is 2. The molecular formula is C23H30N2O3. The molecule has 1 heterocycles. The van der Waals surface area contributed by atoms with Crippen LogP contribution < -0.4 is 9.47 Å². The van der Waals surface area contributed by atoms with E-state index in [1.807, 2.05) is 26.0 Å². The van der Waals surface area contributed by atoms with Crippen molar-refractivity contribution >= 4 is 0 Å². The van der Waals surface area contributed by atoms with Crippen molar-refractivity contribution in [3.8, 4) is 11.5 Å². The van der Waals surface area contributed by atoms with Gasteiger partial charge < -0.3 is 13.9 Å². The number of hydrogen-bond donors (Lipinski definition) is 0. The number of benzene rings is 1. The van der Waals surface area contributed by atoms with Crippen molar-refractivity contribution in [2.45, 2.75) is 64.2 Å². The number of nitrogens with zero attached hydrogens (tertiary/aromatic N) is 2. The van der Waals surface area contributed by atoms with Crippen molar-refractivity contribution in [2.75, 3.05) is 13.2 Å². The number of rotatable bonds is 7. The minimum Gasteiger partial charge on any atom is -0.490 e. The van der Waals surface area contributed by atoms with Crippen molar-refractivity contribution < 1.29 is 13.9 Å². The van der Waals surface area contributed by atoms with E-state index in [9.17, 15) is 0 Å². The topological polar surface area (TPSA) is 57.4 Å². The summed E-state index contributed by atoms with van der Waals surface area (Å²) in [5.74, 6) is 5.80. The minimum absolute atomic E-state index is 0.162. The van der Waals surface area contributed by atoms with Gasteiger partial charge in [-0.05, 0) is 87.8 Å². The van der Waals surface area contributed by atoms with Crippen LogP contribution in [-0.4, -0.2) is 23.4 Å². The smallest absolute Gasteiger partial charge is 0.222 e. The van der Waals surface area contributed by atoms with Gasteiger partial charge >= 0.3 is 0 Å². The molecule has 1 aromatic carbocycles. The zero-order chi connectivity index (χ0) is 19.1. The van der Waals surface area contributed by atoms with Gasteiger partial charge in [-0.25, -0.2) is 0 Å². The van der Waals surface area contributed by atoms with Crippen molar-refractivity contribution in [3.05, 3.63) is 35.5 Å². The molecule has 5 nitrogen and oxygen atoms in total. The fraction of sp³-hybridized carbons (Fsp3) is 0.652.